The molecule has 0 spiro atoms. The van der Waals surface area contributed by atoms with Gasteiger partial charge in [0.2, 0.25) is 0 Å². The fraction of sp³-hybridized carbons (Fsp3) is 0.286. The number of aromatic nitrogens is 3. The number of ether oxygens (including phenoxy) is 1. The lowest BCUT2D eigenvalue weighted by atomic mass is 9.76. The molecule has 1 unspecified atom stereocenters. The first-order valence-corrected chi connectivity index (χ1v) is 9.23. The second-order valence-electron chi connectivity index (χ2n) is 6.98. The quantitative estimate of drug-likeness (QED) is 0.612. The maximum absolute atomic E-state index is 13.1. The number of aliphatic hydroxyl groups excluding tert-OH is 1. The number of rotatable bonds is 6. The van der Waals surface area contributed by atoms with Crippen LogP contribution in [0.25, 0.3) is 11.3 Å². The molecular formula is C21H22N4O3. The van der Waals surface area contributed by atoms with Gasteiger partial charge in [0.25, 0.3) is 5.91 Å². The first kappa shape index (κ1) is 18.2. The number of benzene rings is 1. The zero-order chi connectivity index (χ0) is 19.5. The van der Waals surface area contributed by atoms with Crippen molar-refractivity contribution in [1.82, 2.24) is 20.5 Å². The van der Waals surface area contributed by atoms with Gasteiger partial charge in [-0.2, -0.15) is 5.10 Å². The summed E-state index contributed by atoms with van der Waals surface area (Å²) in [5.41, 5.74) is 2.69. The summed E-state index contributed by atoms with van der Waals surface area (Å²) in [6.07, 6.45) is 4.22. The second kappa shape index (κ2) is 7.82. The van der Waals surface area contributed by atoms with Gasteiger partial charge in [-0.25, -0.2) is 0 Å². The molecule has 1 atom stereocenters. The second-order valence-corrected chi connectivity index (χ2v) is 6.98. The third-order valence-electron chi connectivity index (χ3n) is 5.16. The Morgan fingerprint density at radius 1 is 1.29 bits per heavy atom. The highest BCUT2D eigenvalue weighted by atomic mass is 16.5. The van der Waals surface area contributed by atoms with Crippen molar-refractivity contribution in [2.75, 3.05) is 7.11 Å². The number of methoxy groups -OCH3 is 1. The number of nitrogens with zero attached hydrogens (tertiary/aromatic N) is 2. The predicted molar refractivity (Wildman–Crippen MR) is 104 cm³/mol. The van der Waals surface area contributed by atoms with Crippen LogP contribution in [0.2, 0.25) is 0 Å². The van der Waals surface area contributed by atoms with Gasteiger partial charge in [0, 0.05) is 11.8 Å². The molecule has 7 nitrogen and oxygen atoms in total. The minimum absolute atomic E-state index is 0.154. The summed E-state index contributed by atoms with van der Waals surface area (Å²) in [6.45, 7) is 0. The average molecular weight is 378 g/mol. The number of H-pyrrole nitrogens is 1. The molecular weight excluding hydrogens is 356 g/mol. The molecule has 4 rings (SSSR count). The highest BCUT2D eigenvalue weighted by Crippen LogP contribution is 2.37. The number of carbonyl (C=O) groups is 1. The molecule has 0 radical (unpaired) electrons. The molecule has 3 N–H and O–H groups in total. The van der Waals surface area contributed by atoms with Crippen LogP contribution in [0.1, 0.15) is 34.9 Å². The highest BCUT2D eigenvalue weighted by Gasteiger charge is 2.36. The molecule has 1 aliphatic rings. The normalized spacial score (nSPS) is 19.5. The van der Waals surface area contributed by atoms with E-state index in [0.717, 1.165) is 11.3 Å². The number of aliphatic hydroxyl groups is 1. The summed E-state index contributed by atoms with van der Waals surface area (Å²) in [5, 5.41) is 19.8. The molecule has 2 aromatic heterocycles. The van der Waals surface area contributed by atoms with Crippen molar-refractivity contribution in [3.05, 3.63) is 66.1 Å². The van der Waals surface area contributed by atoms with Gasteiger partial charge < -0.3 is 15.2 Å². The lowest BCUT2D eigenvalue weighted by molar-refractivity contribution is 0.0228. The fourth-order valence-electron chi connectivity index (χ4n) is 3.57. The Morgan fingerprint density at radius 3 is 2.86 bits per heavy atom. The van der Waals surface area contributed by atoms with Crippen molar-refractivity contribution in [3.8, 4) is 17.0 Å². The Labute approximate surface area is 162 Å². The first-order chi connectivity index (χ1) is 13.7. The lowest BCUT2D eigenvalue weighted by Crippen LogP contribution is -2.41. The van der Waals surface area contributed by atoms with E-state index in [1.54, 1.807) is 13.3 Å². The van der Waals surface area contributed by atoms with E-state index in [1.165, 1.54) is 6.20 Å². The van der Waals surface area contributed by atoms with Crippen LogP contribution < -0.4 is 10.1 Å². The monoisotopic (exact) mass is 378 g/mol. The van der Waals surface area contributed by atoms with Crippen LogP contribution in [0.15, 0.2) is 54.9 Å². The van der Waals surface area contributed by atoms with Gasteiger partial charge in [-0.1, -0.05) is 18.2 Å². The summed E-state index contributed by atoms with van der Waals surface area (Å²) in [7, 11) is 1.60. The SMILES string of the molecule is COc1cccc(-c2[nH]ncc2C(=O)NC(c2ccccn2)C2CC(O)C2)c1. The van der Waals surface area contributed by atoms with Crippen LogP contribution in [-0.2, 0) is 0 Å². The smallest absolute Gasteiger partial charge is 0.255 e. The Balaban J connectivity index is 1.60. The predicted octanol–water partition coefficient (Wildman–Crippen LogP) is 2.72. The van der Waals surface area contributed by atoms with Crippen molar-refractivity contribution in [3.63, 3.8) is 0 Å². The molecule has 0 saturated heterocycles. The van der Waals surface area contributed by atoms with E-state index < -0.39 is 0 Å². The van der Waals surface area contributed by atoms with Gasteiger partial charge in [0.1, 0.15) is 5.75 Å². The Morgan fingerprint density at radius 2 is 2.14 bits per heavy atom. The number of pyridine rings is 1. The van der Waals surface area contributed by atoms with Crippen LogP contribution in [-0.4, -0.2) is 39.4 Å². The van der Waals surface area contributed by atoms with E-state index in [1.807, 2.05) is 42.5 Å². The van der Waals surface area contributed by atoms with Crippen LogP contribution in [0.3, 0.4) is 0 Å². The third kappa shape index (κ3) is 3.61. The van der Waals surface area contributed by atoms with Crippen molar-refractivity contribution in [2.24, 2.45) is 5.92 Å². The summed E-state index contributed by atoms with van der Waals surface area (Å²) < 4.78 is 5.27. The highest BCUT2D eigenvalue weighted by molar-refractivity contribution is 6.00. The molecule has 7 heteroatoms. The van der Waals surface area contributed by atoms with E-state index in [9.17, 15) is 9.90 Å². The molecule has 28 heavy (non-hydrogen) atoms. The van der Waals surface area contributed by atoms with E-state index in [4.69, 9.17) is 4.74 Å². The van der Waals surface area contributed by atoms with Crippen LogP contribution >= 0.6 is 0 Å². The summed E-state index contributed by atoms with van der Waals surface area (Å²) >= 11 is 0. The molecule has 0 aliphatic heterocycles. The molecule has 3 aromatic rings. The van der Waals surface area contributed by atoms with Crippen molar-refractivity contribution in [2.45, 2.75) is 25.0 Å². The van der Waals surface area contributed by atoms with Crippen molar-refractivity contribution < 1.29 is 14.6 Å². The van der Waals surface area contributed by atoms with Crippen molar-refractivity contribution in [1.29, 1.82) is 0 Å². The molecule has 1 aliphatic carbocycles. The van der Waals surface area contributed by atoms with Crippen LogP contribution in [0.5, 0.6) is 5.75 Å². The molecule has 1 aromatic carbocycles. The van der Waals surface area contributed by atoms with E-state index in [0.29, 0.717) is 29.8 Å². The maximum atomic E-state index is 13.1. The van der Waals surface area contributed by atoms with Gasteiger partial charge >= 0.3 is 0 Å². The first-order valence-electron chi connectivity index (χ1n) is 9.23. The largest absolute Gasteiger partial charge is 0.497 e. The lowest BCUT2D eigenvalue weighted by Gasteiger charge is -2.37. The topological polar surface area (TPSA) is 100 Å². The van der Waals surface area contributed by atoms with Gasteiger partial charge in [-0.15, -0.1) is 0 Å². The zero-order valence-electron chi connectivity index (χ0n) is 15.5. The average Bonchev–Trinajstić information content (AvgIpc) is 3.20. The summed E-state index contributed by atoms with van der Waals surface area (Å²) in [5.74, 6) is 0.623. The van der Waals surface area contributed by atoms with Gasteiger partial charge in [-0.05, 0) is 43.0 Å². The van der Waals surface area contributed by atoms with Crippen LogP contribution in [0, 0.1) is 5.92 Å². The molecule has 144 valence electrons. The number of hydrogen-bond acceptors (Lipinski definition) is 5. The van der Waals surface area contributed by atoms with Crippen LogP contribution in [0.4, 0.5) is 0 Å². The van der Waals surface area contributed by atoms with E-state index in [-0.39, 0.29) is 24.0 Å². The maximum Gasteiger partial charge on any atom is 0.255 e. The number of hydrogen-bond donors (Lipinski definition) is 3. The standard InChI is InChI=1S/C21H22N4O3/c1-28-16-6-4-5-13(11-16)19-17(12-23-25-19)21(27)24-20(14-9-15(26)10-14)18-7-2-3-8-22-18/h2-8,11-12,14-15,20,26H,9-10H2,1H3,(H,23,25)(H,24,27). The Hall–Kier alpha value is -3.19. The minimum Gasteiger partial charge on any atom is -0.497 e. The van der Waals surface area contributed by atoms with Crippen molar-refractivity contribution >= 4 is 5.91 Å². The number of amides is 1. The molecule has 1 amide bonds. The summed E-state index contributed by atoms with van der Waals surface area (Å²) in [4.78, 5) is 17.5. The Bertz CT molecular complexity index is 951. The molecule has 1 fully saturated rings. The fourth-order valence-corrected chi connectivity index (χ4v) is 3.57. The molecule has 1 saturated carbocycles. The summed E-state index contributed by atoms with van der Waals surface area (Å²) in [6, 6.07) is 12.8. The van der Waals surface area contributed by atoms with Gasteiger partial charge in [0.05, 0.1) is 42.4 Å². The number of aromatic amines is 1. The van der Waals surface area contributed by atoms with E-state index in [2.05, 4.69) is 20.5 Å². The van der Waals surface area contributed by atoms with E-state index >= 15 is 0 Å². The van der Waals surface area contributed by atoms with Gasteiger partial charge in [0.15, 0.2) is 0 Å². The molecule has 0 bridgehead atoms. The van der Waals surface area contributed by atoms with Gasteiger partial charge in [-0.3, -0.25) is 14.9 Å². The number of carbonyl (C=O) groups excluding carboxylic acids is 1. The third-order valence-corrected chi connectivity index (χ3v) is 5.16. The number of nitrogens with one attached hydrogen (secondary N) is 2. The zero-order valence-corrected chi connectivity index (χ0v) is 15.5. The minimum atomic E-state index is -0.311. The Kier molecular flexibility index (Phi) is 5.08. The molecule has 2 heterocycles.